The van der Waals surface area contributed by atoms with Crippen LogP contribution in [0.4, 0.5) is 29.3 Å². The molecule has 0 spiro atoms. The van der Waals surface area contributed by atoms with E-state index in [-0.39, 0.29) is 22.9 Å². The van der Waals surface area contributed by atoms with Crippen LogP contribution in [0.2, 0.25) is 0 Å². The highest BCUT2D eigenvalue weighted by Crippen LogP contribution is 2.25. The number of anilines is 2. The zero-order valence-corrected chi connectivity index (χ0v) is 10.4. The van der Waals surface area contributed by atoms with Crippen molar-refractivity contribution in [2.75, 3.05) is 23.7 Å². The first-order valence-corrected chi connectivity index (χ1v) is 5.79. The molecule has 110 valence electrons. The van der Waals surface area contributed by atoms with Crippen molar-refractivity contribution in [3.05, 3.63) is 6.33 Å². The number of halogens is 4. The van der Waals surface area contributed by atoms with Crippen molar-refractivity contribution < 1.29 is 17.6 Å². The topological polar surface area (TPSA) is 78.5 Å². The molecule has 2 aromatic heterocycles. The molecule has 0 unspecified atom stereocenters. The van der Waals surface area contributed by atoms with E-state index in [0.29, 0.717) is 6.54 Å². The van der Waals surface area contributed by atoms with Gasteiger partial charge in [-0.05, 0) is 6.92 Å². The predicted octanol–water partition coefficient (Wildman–Crippen LogP) is 2.10. The van der Waals surface area contributed by atoms with Crippen LogP contribution in [0.1, 0.15) is 6.92 Å². The lowest BCUT2D eigenvalue weighted by atomic mass is 10.3. The summed E-state index contributed by atoms with van der Waals surface area (Å²) in [6, 6.07) is 0. The summed E-state index contributed by atoms with van der Waals surface area (Å²) >= 11 is 0. The van der Waals surface area contributed by atoms with E-state index >= 15 is 0 Å². The highest BCUT2D eigenvalue weighted by atomic mass is 19.3. The van der Waals surface area contributed by atoms with Crippen molar-refractivity contribution >= 4 is 22.9 Å². The molecular weight excluding hydrogens is 280 g/mol. The Balaban J connectivity index is 2.26. The molecule has 0 saturated carbocycles. The summed E-state index contributed by atoms with van der Waals surface area (Å²) in [6.45, 7) is 1.08. The second kappa shape index (κ2) is 5.47. The van der Waals surface area contributed by atoms with Gasteiger partial charge in [0.15, 0.2) is 11.5 Å². The van der Waals surface area contributed by atoms with Gasteiger partial charge in [-0.25, -0.2) is 13.8 Å². The van der Waals surface area contributed by atoms with Crippen LogP contribution in [0.25, 0.3) is 11.2 Å². The molecule has 2 heterocycles. The zero-order chi connectivity index (χ0) is 14.8. The van der Waals surface area contributed by atoms with Crippen LogP contribution in [0, 0.1) is 0 Å². The molecule has 0 radical (unpaired) electrons. The van der Waals surface area contributed by atoms with Crippen LogP contribution in [0.15, 0.2) is 6.33 Å². The molecule has 0 amide bonds. The van der Waals surface area contributed by atoms with Crippen molar-refractivity contribution in [3.63, 3.8) is 0 Å². The predicted molar refractivity (Wildman–Crippen MR) is 65.3 cm³/mol. The zero-order valence-electron chi connectivity index (χ0n) is 10.4. The number of nitrogens with one attached hydrogen (secondary N) is 3. The van der Waals surface area contributed by atoms with Gasteiger partial charge in [0.25, 0.3) is 0 Å². The third-order valence-corrected chi connectivity index (χ3v) is 2.43. The van der Waals surface area contributed by atoms with Gasteiger partial charge in [-0.2, -0.15) is 18.7 Å². The minimum absolute atomic E-state index is 0.0104. The molecule has 6 nitrogen and oxygen atoms in total. The molecule has 0 aromatic carbocycles. The van der Waals surface area contributed by atoms with Gasteiger partial charge in [0.2, 0.25) is 5.95 Å². The van der Waals surface area contributed by atoms with E-state index in [1.54, 1.807) is 6.92 Å². The lowest BCUT2D eigenvalue weighted by molar-refractivity contribution is -0.117. The number of hydrogen-bond acceptors (Lipinski definition) is 5. The summed E-state index contributed by atoms with van der Waals surface area (Å²) in [4.78, 5) is 14.5. The first kappa shape index (κ1) is 14.3. The third kappa shape index (κ3) is 2.89. The van der Waals surface area contributed by atoms with E-state index in [2.05, 4.69) is 30.6 Å². The molecule has 0 aliphatic heterocycles. The molecule has 0 aliphatic rings. The minimum Gasteiger partial charge on any atom is -0.362 e. The van der Waals surface area contributed by atoms with Crippen LogP contribution in [-0.4, -0.2) is 45.4 Å². The van der Waals surface area contributed by atoms with Crippen molar-refractivity contribution in [2.45, 2.75) is 19.3 Å². The third-order valence-electron chi connectivity index (χ3n) is 2.43. The van der Waals surface area contributed by atoms with Gasteiger partial charge >= 0.3 is 12.3 Å². The summed E-state index contributed by atoms with van der Waals surface area (Å²) in [5.41, 5.74) is 0.524. The van der Waals surface area contributed by atoms with E-state index < -0.39 is 18.9 Å². The number of hydrogen-bond donors (Lipinski definition) is 3. The first-order valence-electron chi connectivity index (χ1n) is 5.79. The monoisotopic (exact) mass is 292 g/mol. The lowest BCUT2D eigenvalue weighted by Gasteiger charge is -2.16. The van der Waals surface area contributed by atoms with Crippen LogP contribution < -0.4 is 10.6 Å². The van der Waals surface area contributed by atoms with Gasteiger partial charge in [0.1, 0.15) is 5.52 Å². The smallest absolute Gasteiger partial charge is 0.324 e. The molecule has 2 rings (SSSR count). The summed E-state index contributed by atoms with van der Waals surface area (Å²) in [6.07, 6.45) is -2.44. The molecule has 10 heteroatoms. The maximum atomic E-state index is 12.9. The Bertz CT molecular complexity index is 584. The number of H-pyrrole nitrogens is 1. The molecule has 0 aliphatic carbocycles. The van der Waals surface area contributed by atoms with Crippen LogP contribution in [-0.2, 0) is 0 Å². The Morgan fingerprint density at radius 1 is 1.30 bits per heavy atom. The molecule has 3 N–H and O–H groups in total. The number of imidazole rings is 1. The van der Waals surface area contributed by atoms with E-state index in [1.807, 2.05) is 0 Å². The van der Waals surface area contributed by atoms with Crippen molar-refractivity contribution in [1.29, 1.82) is 0 Å². The van der Waals surface area contributed by atoms with Gasteiger partial charge in [-0.1, -0.05) is 0 Å². The molecule has 0 bridgehead atoms. The summed E-state index contributed by atoms with van der Waals surface area (Å²) in [5.74, 6) is -3.98. The van der Waals surface area contributed by atoms with Crippen molar-refractivity contribution in [3.8, 4) is 0 Å². The van der Waals surface area contributed by atoms with Crippen molar-refractivity contribution in [1.82, 2.24) is 19.9 Å². The van der Waals surface area contributed by atoms with E-state index in [1.165, 1.54) is 6.33 Å². The maximum absolute atomic E-state index is 12.9. The number of alkyl halides is 4. The highest BCUT2D eigenvalue weighted by Gasteiger charge is 2.40. The van der Waals surface area contributed by atoms with Crippen LogP contribution >= 0.6 is 0 Å². The maximum Gasteiger partial charge on any atom is 0.324 e. The van der Waals surface area contributed by atoms with Crippen molar-refractivity contribution in [2.24, 2.45) is 0 Å². The van der Waals surface area contributed by atoms with E-state index in [0.717, 1.165) is 0 Å². The summed E-state index contributed by atoms with van der Waals surface area (Å²) in [7, 11) is 0. The Labute approximate surface area is 111 Å². The Hall–Kier alpha value is -2.13. The van der Waals surface area contributed by atoms with E-state index in [9.17, 15) is 17.6 Å². The molecule has 2 aromatic rings. The fourth-order valence-electron chi connectivity index (χ4n) is 1.48. The van der Waals surface area contributed by atoms with Gasteiger partial charge in [-0.3, -0.25) is 0 Å². The number of fused-ring (bicyclic) bond motifs is 1. The largest absolute Gasteiger partial charge is 0.362 e. The molecular formula is C10H12F4N6. The molecule has 0 saturated heterocycles. The van der Waals surface area contributed by atoms with Gasteiger partial charge in [-0.15, -0.1) is 0 Å². The molecule has 0 fully saturated rings. The highest BCUT2D eigenvalue weighted by molar-refractivity contribution is 5.83. The minimum atomic E-state index is -4.14. The Kier molecular flexibility index (Phi) is 3.91. The quantitative estimate of drug-likeness (QED) is 0.711. The Morgan fingerprint density at radius 2 is 2.05 bits per heavy atom. The number of aromatic amines is 1. The SMILES string of the molecule is CCNc1nc(NCC(F)(F)C(F)F)c2[nH]cnc2n1. The fourth-order valence-corrected chi connectivity index (χ4v) is 1.48. The second-order valence-electron chi connectivity index (χ2n) is 3.94. The van der Waals surface area contributed by atoms with Gasteiger partial charge < -0.3 is 15.6 Å². The fraction of sp³-hybridized carbons (Fsp3) is 0.500. The first-order chi connectivity index (χ1) is 9.44. The number of nitrogens with zero attached hydrogens (tertiary/aromatic N) is 3. The molecule has 0 atom stereocenters. The standard InChI is InChI=1S/C10H12F4N6/c1-2-15-9-19-6(5-7(20-9)18-4-17-5)16-3-10(13,14)8(11)12/h4,8H,2-3H2,1H3,(H3,15,16,17,18,19,20). The Morgan fingerprint density at radius 3 is 2.70 bits per heavy atom. The second-order valence-corrected chi connectivity index (χ2v) is 3.94. The lowest BCUT2D eigenvalue weighted by Crippen LogP contribution is -2.35. The average Bonchev–Trinajstić information content (AvgIpc) is 2.84. The van der Waals surface area contributed by atoms with Crippen LogP contribution in [0.5, 0.6) is 0 Å². The van der Waals surface area contributed by atoms with E-state index in [4.69, 9.17) is 0 Å². The molecule has 20 heavy (non-hydrogen) atoms. The van der Waals surface area contributed by atoms with Gasteiger partial charge in [0.05, 0.1) is 12.9 Å². The number of rotatable bonds is 6. The van der Waals surface area contributed by atoms with Crippen LogP contribution in [0.3, 0.4) is 0 Å². The normalized spacial score (nSPS) is 12.1. The average molecular weight is 292 g/mol. The van der Waals surface area contributed by atoms with Gasteiger partial charge in [0, 0.05) is 6.54 Å². The summed E-state index contributed by atoms with van der Waals surface area (Å²) in [5, 5.41) is 5.00. The summed E-state index contributed by atoms with van der Waals surface area (Å²) < 4.78 is 50.0. The number of aromatic nitrogens is 4.